The zero-order chi connectivity index (χ0) is 13.7. The fourth-order valence-electron chi connectivity index (χ4n) is 2.46. The zero-order valence-electron chi connectivity index (χ0n) is 11.1. The molecule has 0 radical (unpaired) electrons. The quantitative estimate of drug-likeness (QED) is 0.465. The molecule has 4 nitrogen and oxygen atoms in total. The molecule has 0 spiro atoms. The fourth-order valence-corrected chi connectivity index (χ4v) is 2.46. The summed E-state index contributed by atoms with van der Waals surface area (Å²) < 4.78 is 10.4. The first-order chi connectivity index (χ1) is 9.22. The van der Waals surface area contributed by atoms with Crippen molar-refractivity contribution < 1.29 is 19.1 Å². The first-order valence-corrected chi connectivity index (χ1v) is 6.57. The first kappa shape index (κ1) is 13.6. The monoisotopic (exact) mass is 262 g/mol. The summed E-state index contributed by atoms with van der Waals surface area (Å²) in [5, 5.41) is 0. The molecule has 0 amide bonds. The van der Waals surface area contributed by atoms with Crippen LogP contribution in [-0.4, -0.2) is 19.4 Å². The molecule has 4 heteroatoms. The van der Waals surface area contributed by atoms with E-state index in [9.17, 15) is 9.59 Å². The summed E-state index contributed by atoms with van der Waals surface area (Å²) >= 11 is 0. The molecular weight excluding hydrogens is 244 g/mol. The van der Waals surface area contributed by atoms with E-state index >= 15 is 0 Å². The molecule has 1 aromatic rings. The molecule has 0 heterocycles. The van der Waals surface area contributed by atoms with E-state index in [4.69, 9.17) is 9.47 Å². The maximum Gasteiger partial charge on any atom is 0.311 e. The lowest BCUT2D eigenvalue weighted by atomic mass is 10.0. The standard InChI is InChI=1S/C15H18O4/c1-18-14-8-12(10-16)6-7-13(14)19-15(17)9-11-4-2-3-5-11/h6-8,10-11H,2-5,9H2,1H3. The number of rotatable bonds is 5. The molecule has 0 bridgehead atoms. The van der Waals surface area contributed by atoms with Gasteiger partial charge in [0.25, 0.3) is 0 Å². The van der Waals surface area contributed by atoms with E-state index in [0.29, 0.717) is 29.4 Å². The van der Waals surface area contributed by atoms with Crippen LogP contribution in [0.25, 0.3) is 0 Å². The summed E-state index contributed by atoms with van der Waals surface area (Å²) in [7, 11) is 1.48. The van der Waals surface area contributed by atoms with Gasteiger partial charge in [-0.05, 0) is 37.0 Å². The van der Waals surface area contributed by atoms with E-state index < -0.39 is 0 Å². The van der Waals surface area contributed by atoms with Gasteiger partial charge in [-0.15, -0.1) is 0 Å². The van der Waals surface area contributed by atoms with Crippen molar-refractivity contribution in [2.45, 2.75) is 32.1 Å². The number of methoxy groups -OCH3 is 1. The second-order valence-electron chi connectivity index (χ2n) is 4.86. The number of benzene rings is 1. The lowest BCUT2D eigenvalue weighted by molar-refractivity contribution is -0.135. The molecule has 1 fully saturated rings. The smallest absolute Gasteiger partial charge is 0.311 e. The minimum absolute atomic E-state index is 0.232. The van der Waals surface area contributed by atoms with Gasteiger partial charge < -0.3 is 9.47 Å². The van der Waals surface area contributed by atoms with Crippen LogP contribution >= 0.6 is 0 Å². The fraction of sp³-hybridized carbons (Fsp3) is 0.467. The highest BCUT2D eigenvalue weighted by Gasteiger charge is 2.20. The van der Waals surface area contributed by atoms with Gasteiger partial charge in [0.05, 0.1) is 7.11 Å². The molecule has 2 rings (SSSR count). The number of ether oxygens (including phenoxy) is 2. The molecule has 0 aromatic heterocycles. The Hall–Kier alpha value is -1.84. The van der Waals surface area contributed by atoms with Crippen LogP contribution in [0.15, 0.2) is 18.2 Å². The Morgan fingerprint density at radius 1 is 1.32 bits per heavy atom. The molecule has 1 aliphatic rings. The Kier molecular flexibility index (Phi) is 4.55. The summed E-state index contributed by atoms with van der Waals surface area (Å²) in [6, 6.07) is 4.76. The first-order valence-electron chi connectivity index (χ1n) is 6.57. The average Bonchev–Trinajstić information content (AvgIpc) is 2.91. The van der Waals surface area contributed by atoms with E-state index in [0.717, 1.165) is 19.1 Å². The maximum atomic E-state index is 11.8. The predicted octanol–water partition coefficient (Wildman–Crippen LogP) is 2.99. The SMILES string of the molecule is COc1cc(C=O)ccc1OC(=O)CC1CCCC1. The Morgan fingerprint density at radius 3 is 2.68 bits per heavy atom. The second-order valence-corrected chi connectivity index (χ2v) is 4.86. The van der Waals surface area contributed by atoms with Gasteiger partial charge in [0.2, 0.25) is 0 Å². The van der Waals surface area contributed by atoms with Crippen LogP contribution in [0.4, 0.5) is 0 Å². The van der Waals surface area contributed by atoms with Crippen LogP contribution in [0.2, 0.25) is 0 Å². The number of carbonyl (C=O) groups is 2. The highest BCUT2D eigenvalue weighted by atomic mass is 16.6. The van der Waals surface area contributed by atoms with Gasteiger partial charge in [0, 0.05) is 12.0 Å². The third-order valence-electron chi connectivity index (χ3n) is 3.48. The minimum atomic E-state index is -0.232. The molecule has 0 N–H and O–H groups in total. The summed E-state index contributed by atoms with van der Waals surface area (Å²) in [5.41, 5.74) is 0.493. The average molecular weight is 262 g/mol. The molecule has 1 aliphatic carbocycles. The van der Waals surface area contributed by atoms with E-state index in [2.05, 4.69) is 0 Å². The van der Waals surface area contributed by atoms with Crippen LogP contribution in [0, 0.1) is 5.92 Å². The molecule has 1 saturated carbocycles. The lowest BCUT2D eigenvalue weighted by Crippen LogP contribution is -2.13. The van der Waals surface area contributed by atoms with Crippen LogP contribution in [0.1, 0.15) is 42.5 Å². The third kappa shape index (κ3) is 3.56. The van der Waals surface area contributed by atoms with Crippen molar-refractivity contribution in [2.75, 3.05) is 7.11 Å². The summed E-state index contributed by atoms with van der Waals surface area (Å²) in [6.07, 6.45) is 5.81. The second kappa shape index (κ2) is 6.36. The molecule has 19 heavy (non-hydrogen) atoms. The van der Waals surface area contributed by atoms with Crippen molar-refractivity contribution in [2.24, 2.45) is 5.92 Å². The van der Waals surface area contributed by atoms with Crippen molar-refractivity contribution >= 4 is 12.3 Å². The van der Waals surface area contributed by atoms with E-state index in [1.165, 1.54) is 20.0 Å². The lowest BCUT2D eigenvalue weighted by Gasteiger charge is -2.11. The number of hydrogen-bond donors (Lipinski definition) is 0. The van der Waals surface area contributed by atoms with Crippen molar-refractivity contribution in [3.05, 3.63) is 23.8 Å². The summed E-state index contributed by atoms with van der Waals surface area (Å²) in [4.78, 5) is 22.5. The Balaban J connectivity index is 2.01. The van der Waals surface area contributed by atoms with Gasteiger partial charge in [0.15, 0.2) is 11.5 Å². The summed E-state index contributed by atoms with van der Waals surface area (Å²) in [6.45, 7) is 0. The molecule has 1 aromatic carbocycles. The third-order valence-corrected chi connectivity index (χ3v) is 3.48. The number of aldehydes is 1. The normalized spacial score (nSPS) is 15.2. The van der Waals surface area contributed by atoms with Gasteiger partial charge in [-0.2, -0.15) is 0 Å². The molecule has 0 atom stereocenters. The Labute approximate surface area is 112 Å². The van der Waals surface area contributed by atoms with Gasteiger partial charge >= 0.3 is 5.97 Å². The highest BCUT2D eigenvalue weighted by molar-refractivity contribution is 5.78. The van der Waals surface area contributed by atoms with E-state index in [1.807, 2.05) is 0 Å². The van der Waals surface area contributed by atoms with Crippen LogP contribution in [0.5, 0.6) is 11.5 Å². The number of hydrogen-bond acceptors (Lipinski definition) is 4. The predicted molar refractivity (Wildman–Crippen MR) is 70.6 cm³/mol. The van der Waals surface area contributed by atoms with Crippen molar-refractivity contribution in [3.63, 3.8) is 0 Å². The topological polar surface area (TPSA) is 52.6 Å². The van der Waals surface area contributed by atoms with Crippen molar-refractivity contribution in [3.8, 4) is 11.5 Å². The highest BCUT2D eigenvalue weighted by Crippen LogP contribution is 2.31. The van der Waals surface area contributed by atoms with Gasteiger partial charge in [0.1, 0.15) is 6.29 Å². The van der Waals surface area contributed by atoms with Crippen LogP contribution < -0.4 is 9.47 Å². The van der Waals surface area contributed by atoms with E-state index in [1.54, 1.807) is 18.2 Å². The number of carbonyl (C=O) groups excluding carboxylic acids is 2. The maximum absolute atomic E-state index is 11.8. The Morgan fingerprint density at radius 2 is 2.05 bits per heavy atom. The van der Waals surface area contributed by atoms with Crippen molar-refractivity contribution in [1.82, 2.24) is 0 Å². The van der Waals surface area contributed by atoms with Crippen LogP contribution in [0.3, 0.4) is 0 Å². The van der Waals surface area contributed by atoms with Gasteiger partial charge in [-0.3, -0.25) is 9.59 Å². The van der Waals surface area contributed by atoms with E-state index in [-0.39, 0.29) is 5.97 Å². The van der Waals surface area contributed by atoms with Crippen LogP contribution in [-0.2, 0) is 4.79 Å². The molecule has 0 saturated heterocycles. The largest absolute Gasteiger partial charge is 0.493 e. The zero-order valence-corrected chi connectivity index (χ0v) is 11.1. The van der Waals surface area contributed by atoms with Gasteiger partial charge in [-0.25, -0.2) is 0 Å². The molecule has 0 unspecified atom stereocenters. The molecule has 0 aliphatic heterocycles. The van der Waals surface area contributed by atoms with Crippen molar-refractivity contribution in [1.29, 1.82) is 0 Å². The van der Waals surface area contributed by atoms with Gasteiger partial charge in [-0.1, -0.05) is 12.8 Å². The molecule has 102 valence electrons. The summed E-state index contributed by atoms with van der Waals surface area (Å²) in [5.74, 6) is 0.997. The Bertz CT molecular complexity index is 461. The molecular formula is C15H18O4. The minimum Gasteiger partial charge on any atom is -0.493 e. The number of esters is 1.